The maximum Gasteiger partial charge on any atom is 0.0515 e. The van der Waals surface area contributed by atoms with Gasteiger partial charge in [-0.3, -0.25) is 0 Å². The fourth-order valence-electron chi connectivity index (χ4n) is 1.48. The summed E-state index contributed by atoms with van der Waals surface area (Å²) in [6, 6.07) is 0.535. The molecule has 62 valence electrons. The van der Waals surface area contributed by atoms with E-state index in [-0.39, 0.29) is 0 Å². The lowest BCUT2D eigenvalue weighted by Crippen LogP contribution is -2.37. The van der Waals surface area contributed by atoms with Crippen LogP contribution in [0.1, 0.15) is 20.8 Å². The number of allylic oxidation sites excluding steroid dienone is 2. The third-order valence-corrected chi connectivity index (χ3v) is 2.05. The van der Waals surface area contributed by atoms with Crippen molar-refractivity contribution in [3.05, 3.63) is 24.4 Å². The zero-order valence-corrected chi connectivity index (χ0v) is 7.83. The van der Waals surface area contributed by atoms with Gasteiger partial charge in [0.2, 0.25) is 0 Å². The van der Waals surface area contributed by atoms with Crippen molar-refractivity contribution in [2.45, 2.75) is 26.8 Å². The molecule has 0 aromatic heterocycles. The highest BCUT2D eigenvalue weighted by molar-refractivity contribution is 5.14. The Bertz CT molecular complexity index is 184. The first-order valence-corrected chi connectivity index (χ1v) is 4.09. The van der Waals surface area contributed by atoms with Crippen molar-refractivity contribution in [2.75, 3.05) is 7.05 Å². The lowest BCUT2D eigenvalue weighted by Gasteiger charge is -2.36. The molecule has 0 aliphatic carbocycles. The van der Waals surface area contributed by atoms with Gasteiger partial charge < -0.3 is 4.90 Å². The fraction of sp³-hybridized carbons (Fsp3) is 0.600. The molecule has 1 heteroatoms. The second-order valence-electron chi connectivity index (χ2n) is 4.20. The van der Waals surface area contributed by atoms with Gasteiger partial charge in [-0.15, -0.1) is 0 Å². The Balaban J connectivity index is 2.74. The summed E-state index contributed by atoms with van der Waals surface area (Å²) in [5, 5.41) is 0. The first kappa shape index (κ1) is 8.38. The molecule has 0 fully saturated rings. The van der Waals surface area contributed by atoms with Crippen molar-refractivity contribution in [3.8, 4) is 0 Å². The third kappa shape index (κ3) is 1.86. The maximum absolute atomic E-state index is 2.26. The normalized spacial score (nSPS) is 24.4. The van der Waals surface area contributed by atoms with Crippen LogP contribution in [0.15, 0.2) is 24.4 Å². The maximum atomic E-state index is 2.26. The van der Waals surface area contributed by atoms with Crippen molar-refractivity contribution < 1.29 is 0 Å². The van der Waals surface area contributed by atoms with Crippen LogP contribution in [0.25, 0.3) is 0 Å². The molecule has 0 saturated heterocycles. The van der Waals surface area contributed by atoms with Crippen LogP contribution in [0.2, 0.25) is 0 Å². The molecule has 0 N–H and O–H groups in total. The average Bonchev–Trinajstić information content (AvgIpc) is 1.86. The SMILES string of the molecule is CN1C=CC=CC1C(C)(C)C. The molecule has 0 spiro atoms. The molecule has 0 aromatic rings. The average molecular weight is 151 g/mol. The topological polar surface area (TPSA) is 3.24 Å². The summed E-state index contributed by atoms with van der Waals surface area (Å²) in [6.07, 6.45) is 8.56. The van der Waals surface area contributed by atoms with E-state index in [1.54, 1.807) is 0 Å². The first-order chi connectivity index (χ1) is 5.02. The highest BCUT2D eigenvalue weighted by atomic mass is 15.1. The lowest BCUT2D eigenvalue weighted by atomic mass is 9.85. The summed E-state index contributed by atoms with van der Waals surface area (Å²) < 4.78 is 0. The van der Waals surface area contributed by atoms with Crippen LogP contribution in [-0.2, 0) is 0 Å². The molecule has 0 radical (unpaired) electrons. The quantitative estimate of drug-likeness (QED) is 0.514. The van der Waals surface area contributed by atoms with Crippen molar-refractivity contribution in [3.63, 3.8) is 0 Å². The zero-order chi connectivity index (χ0) is 8.48. The van der Waals surface area contributed by atoms with E-state index in [1.165, 1.54) is 0 Å². The summed E-state index contributed by atoms with van der Waals surface area (Å²) in [6.45, 7) is 6.78. The molecule has 0 amide bonds. The molecule has 1 atom stereocenters. The number of hydrogen-bond donors (Lipinski definition) is 0. The molecule has 0 bridgehead atoms. The number of rotatable bonds is 0. The van der Waals surface area contributed by atoms with E-state index < -0.39 is 0 Å². The Hall–Kier alpha value is -0.720. The monoisotopic (exact) mass is 151 g/mol. The van der Waals surface area contributed by atoms with Gasteiger partial charge in [-0.2, -0.15) is 0 Å². The predicted octanol–water partition coefficient (Wildman–Crippen LogP) is 2.42. The van der Waals surface area contributed by atoms with Gasteiger partial charge in [-0.05, 0) is 17.7 Å². The summed E-state index contributed by atoms with van der Waals surface area (Å²) in [5.41, 5.74) is 0.329. The van der Waals surface area contributed by atoms with Gasteiger partial charge in [-0.1, -0.05) is 32.9 Å². The molecular weight excluding hydrogens is 134 g/mol. The summed E-state index contributed by atoms with van der Waals surface area (Å²) in [5.74, 6) is 0. The standard InChI is InChI=1S/C10H17N/c1-10(2,3)9-7-5-6-8-11(9)4/h5-9H,1-4H3. The highest BCUT2D eigenvalue weighted by Gasteiger charge is 2.24. The molecule has 0 aromatic carbocycles. The third-order valence-electron chi connectivity index (χ3n) is 2.05. The smallest absolute Gasteiger partial charge is 0.0515 e. The fourth-order valence-corrected chi connectivity index (χ4v) is 1.48. The largest absolute Gasteiger partial charge is 0.373 e. The van der Waals surface area contributed by atoms with E-state index >= 15 is 0 Å². The van der Waals surface area contributed by atoms with Gasteiger partial charge in [-0.25, -0.2) is 0 Å². The van der Waals surface area contributed by atoms with Gasteiger partial charge in [0.25, 0.3) is 0 Å². The Morgan fingerprint density at radius 1 is 1.18 bits per heavy atom. The minimum Gasteiger partial charge on any atom is -0.373 e. The summed E-state index contributed by atoms with van der Waals surface area (Å²) in [4.78, 5) is 2.25. The van der Waals surface area contributed by atoms with Gasteiger partial charge in [0.15, 0.2) is 0 Å². The van der Waals surface area contributed by atoms with Crippen molar-refractivity contribution in [2.24, 2.45) is 5.41 Å². The van der Waals surface area contributed by atoms with Crippen molar-refractivity contribution >= 4 is 0 Å². The highest BCUT2D eigenvalue weighted by Crippen LogP contribution is 2.26. The summed E-state index contributed by atoms with van der Waals surface area (Å²) in [7, 11) is 2.12. The molecule has 1 aliphatic rings. The second kappa shape index (κ2) is 2.72. The van der Waals surface area contributed by atoms with Gasteiger partial charge in [0.1, 0.15) is 0 Å². The van der Waals surface area contributed by atoms with Crippen LogP contribution in [0, 0.1) is 5.41 Å². The molecule has 1 unspecified atom stereocenters. The van der Waals surface area contributed by atoms with Gasteiger partial charge >= 0.3 is 0 Å². The molecule has 11 heavy (non-hydrogen) atoms. The van der Waals surface area contributed by atoms with E-state index in [4.69, 9.17) is 0 Å². The van der Waals surface area contributed by atoms with Crippen LogP contribution >= 0.6 is 0 Å². The first-order valence-electron chi connectivity index (χ1n) is 4.09. The van der Waals surface area contributed by atoms with E-state index in [0.29, 0.717) is 11.5 Å². The number of hydrogen-bond acceptors (Lipinski definition) is 1. The lowest BCUT2D eigenvalue weighted by molar-refractivity contribution is 0.213. The van der Waals surface area contributed by atoms with E-state index in [1.807, 2.05) is 0 Å². The second-order valence-corrected chi connectivity index (χ2v) is 4.20. The van der Waals surface area contributed by atoms with Gasteiger partial charge in [0, 0.05) is 7.05 Å². The van der Waals surface area contributed by atoms with Crippen LogP contribution in [-0.4, -0.2) is 18.0 Å². The molecule has 1 rings (SSSR count). The van der Waals surface area contributed by atoms with Gasteiger partial charge in [0.05, 0.1) is 6.04 Å². The number of nitrogens with zero attached hydrogens (tertiary/aromatic N) is 1. The van der Waals surface area contributed by atoms with Crippen LogP contribution in [0.5, 0.6) is 0 Å². The van der Waals surface area contributed by atoms with Crippen LogP contribution < -0.4 is 0 Å². The van der Waals surface area contributed by atoms with E-state index in [2.05, 4.69) is 57.1 Å². The Morgan fingerprint density at radius 2 is 1.82 bits per heavy atom. The van der Waals surface area contributed by atoms with E-state index in [0.717, 1.165) is 0 Å². The zero-order valence-electron chi connectivity index (χ0n) is 7.83. The molecule has 1 aliphatic heterocycles. The van der Waals surface area contributed by atoms with Crippen LogP contribution in [0.3, 0.4) is 0 Å². The van der Waals surface area contributed by atoms with E-state index in [9.17, 15) is 0 Å². The van der Waals surface area contributed by atoms with Crippen molar-refractivity contribution in [1.82, 2.24) is 4.90 Å². The Labute approximate surface area is 69.4 Å². The number of likely N-dealkylation sites (N-methyl/N-ethyl adjacent to an activating group) is 1. The molecule has 0 saturated carbocycles. The molecular formula is C10H17N. The minimum atomic E-state index is 0.329. The summed E-state index contributed by atoms with van der Waals surface area (Å²) >= 11 is 0. The van der Waals surface area contributed by atoms with Crippen LogP contribution in [0.4, 0.5) is 0 Å². The Morgan fingerprint density at radius 3 is 2.18 bits per heavy atom. The molecule has 1 heterocycles. The van der Waals surface area contributed by atoms with Crippen molar-refractivity contribution in [1.29, 1.82) is 0 Å². The Kier molecular flexibility index (Phi) is 2.08. The minimum absolute atomic E-state index is 0.329. The molecule has 1 nitrogen and oxygen atoms in total. The predicted molar refractivity (Wildman–Crippen MR) is 49.3 cm³/mol.